The van der Waals surface area contributed by atoms with E-state index < -0.39 is 11.8 Å². The fraction of sp³-hybridized carbons (Fsp3) is 0.214. The van der Waals surface area contributed by atoms with Crippen molar-refractivity contribution in [3.63, 3.8) is 0 Å². The van der Waals surface area contributed by atoms with Crippen LogP contribution in [-0.4, -0.2) is 37.1 Å². The molecule has 0 aliphatic heterocycles. The molecule has 3 aromatic rings. The van der Waals surface area contributed by atoms with Gasteiger partial charge in [-0.2, -0.15) is 5.10 Å². The zero-order valence-electron chi connectivity index (χ0n) is 21.6. The highest BCUT2D eigenvalue weighted by Crippen LogP contribution is 2.36. The molecule has 0 aliphatic rings. The Balaban J connectivity index is 1.63. The van der Waals surface area contributed by atoms with Gasteiger partial charge in [-0.25, -0.2) is 5.43 Å². The number of hydrazone groups is 1. The number of benzene rings is 3. The van der Waals surface area contributed by atoms with Gasteiger partial charge in [-0.1, -0.05) is 42.8 Å². The van der Waals surface area contributed by atoms with Crippen LogP contribution in [0.25, 0.3) is 0 Å². The SMILES string of the molecule is CCOc1cc(/C=N\NC(=O)C(=O)Nc2ccccc2CC)cc(Br)c1OCC(=O)Nc1cccc(Cl)c1C. The molecule has 0 fully saturated rings. The summed E-state index contributed by atoms with van der Waals surface area (Å²) >= 11 is 9.55. The van der Waals surface area contributed by atoms with E-state index in [-0.39, 0.29) is 12.5 Å². The van der Waals surface area contributed by atoms with Crippen LogP contribution in [0.2, 0.25) is 5.02 Å². The predicted molar refractivity (Wildman–Crippen MR) is 156 cm³/mol. The summed E-state index contributed by atoms with van der Waals surface area (Å²) in [7, 11) is 0. The van der Waals surface area contributed by atoms with Crippen molar-refractivity contribution in [2.45, 2.75) is 27.2 Å². The average molecular weight is 616 g/mol. The Bertz CT molecular complexity index is 1400. The van der Waals surface area contributed by atoms with Gasteiger partial charge >= 0.3 is 11.8 Å². The van der Waals surface area contributed by atoms with Gasteiger partial charge in [0.25, 0.3) is 5.91 Å². The van der Waals surface area contributed by atoms with Gasteiger partial charge in [0.05, 0.1) is 17.3 Å². The van der Waals surface area contributed by atoms with Crippen LogP contribution in [0.4, 0.5) is 11.4 Å². The number of amides is 3. The van der Waals surface area contributed by atoms with Gasteiger partial charge in [0, 0.05) is 16.4 Å². The predicted octanol–water partition coefficient (Wildman–Crippen LogP) is 5.48. The van der Waals surface area contributed by atoms with E-state index in [4.69, 9.17) is 21.1 Å². The van der Waals surface area contributed by atoms with E-state index in [1.807, 2.05) is 32.9 Å². The summed E-state index contributed by atoms with van der Waals surface area (Å²) in [5.41, 5.74) is 5.59. The lowest BCUT2D eigenvalue weighted by molar-refractivity contribution is -0.136. The van der Waals surface area contributed by atoms with Gasteiger partial charge in [-0.05, 0) is 83.2 Å². The molecule has 0 heterocycles. The number of nitrogens with one attached hydrogen (secondary N) is 3. The summed E-state index contributed by atoms with van der Waals surface area (Å²) in [6.45, 7) is 5.64. The highest BCUT2D eigenvalue weighted by Gasteiger charge is 2.16. The highest BCUT2D eigenvalue weighted by atomic mass is 79.9. The van der Waals surface area contributed by atoms with Crippen LogP contribution >= 0.6 is 27.5 Å². The molecule has 3 rings (SSSR count). The third-order valence-corrected chi connectivity index (χ3v) is 6.45. The molecule has 0 aromatic heterocycles. The van der Waals surface area contributed by atoms with Crippen LogP contribution in [0.3, 0.4) is 0 Å². The third kappa shape index (κ3) is 8.30. The first-order valence-electron chi connectivity index (χ1n) is 12.1. The maximum atomic E-state index is 12.5. The van der Waals surface area contributed by atoms with E-state index in [0.717, 1.165) is 11.1 Å². The van der Waals surface area contributed by atoms with Crippen LogP contribution in [0.5, 0.6) is 11.5 Å². The number of ether oxygens (including phenoxy) is 2. The average Bonchev–Trinajstić information content (AvgIpc) is 2.91. The minimum atomic E-state index is -0.915. The summed E-state index contributed by atoms with van der Waals surface area (Å²) < 4.78 is 11.9. The van der Waals surface area contributed by atoms with Crippen molar-refractivity contribution in [1.29, 1.82) is 0 Å². The Labute approximate surface area is 240 Å². The molecule has 3 aromatic carbocycles. The monoisotopic (exact) mass is 614 g/mol. The molecule has 204 valence electrons. The smallest absolute Gasteiger partial charge is 0.329 e. The summed E-state index contributed by atoms with van der Waals surface area (Å²) in [5.74, 6) is -1.44. The molecule has 0 radical (unpaired) electrons. The molecule has 0 spiro atoms. The summed E-state index contributed by atoms with van der Waals surface area (Å²) in [6, 6.07) is 15.8. The number of carbonyl (C=O) groups is 3. The maximum absolute atomic E-state index is 12.5. The first-order valence-corrected chi connectivity index (χ1v) is 13.3. The van der Waals surface area contributed by atoms with Crippen LogP contribution in [0.1, 0.15) is 30.5 Å². The van der Waals surface area contributed by atoms with Crippen molar-refractivity contribution in [3.05, 3.63) is 80.8 Å². The van der Waals surface area contributed by atoms with Crippen LogP contribution in [0.15, 0.2) is 64.2 Å². The number of nitrogens with zero attached hydrogens (tertiary/aromatic N) is 1. The Morgan fingerprint density at radius 3 is 2.46 bits per heavy atom. The summed E-state index contributed by atoms with van der Waals surface area (Å²) in [4.78, 5) is 36.9. The molecule has 9 nitrogen and oxygen atoms in total. The molecule has 0 atom stereocenters. The standard InChI is InChI=1S/C28H28BrClN4O5/c1-4-19-9-6-7-11-23(19)33-27(36)28(37)34-31-15-18-13-20(29)26(24(14-18)38-5-2)39-16-25(35)32-22-12-8-10-21(30)17(22)3/h6-15H,4-5,16H2,1-3H3,(H,32,35)(H,33,36)(H,34,37)/b31-15-. The van der Waals surface area contributed by atoms with Gasteiger partial charge in [0.15, 0.2) is 18.1 Å². The molecule has 0 aliphatic carbocycles. The van der Waals surface area contributed by atoms with Crippen molar-refractivity contribution in [2.24, 2.45) is 5.10 Å². The zero-order chi connectivity index (χ0) is 28.4. The number of hydrogen-bond acceptors (Lipinski definition) is 6. The fourth-order valence-corrected chi connectivity index (χ4v) is 4.23. The number of halogens is 2. The summed E-state index contributed by atoms with van der Waals surface area (Å²) in [5, 5.41) is 9.79. The normalized spacial score (nSPS) is 10.7. The van der Waals surface area contributed by atoms with Crippen LogP contribution in [0, 0.1) is 6.92 Å². The van der Waals surface area contributed by atoms with Gasteiger partial charge in [0.1, 0.15) is 0 Å². The maximum Gasteiger partial charge on any atom is 0.329 e. The Hall–Kier alpha value is -3.89. The number of para-hydroxylation sites is 1. The molecule has 3 N–H and O–H groups in total. The van der Waals surface area contributed by atoms with Crippen molar-refractivity contribution >= 4 is 62.8 Å². The van der Waals surface area contributed by atoms with Crippen molar-refractivity contribution in [3.8, 4) is 11.5 Å². The highest BCUT2D eigenvalue weighted by molar-refractivity contribution is 9.10. The Morgan fingerprint density at radius 1 is 0.974 bits per heavy atom. The van der Waals surface area contributed by atoms with Gasteiger partial charge in [-0.3, -0.25) is 14.4 Å². The molecule has 0 bridgehead atoms. The van der Waals surface area contributed by atoms with E-state index in [2.05, 4.69) is 37.1 Å². The zero-order valence-corrected chi connectivity index (χ0v) is 24.0. The van der Waals surface area contributed by atoms with Crippen molar-refractivity contribution in [1.82, 2.24) is 5.43 Å². The lowest BCUT2D eigenvalue weighted by Crippen LogP contribution is -2.32. The molecular formula is C28H28BrClN4O5. The number of anilines is 2. The molecule has 0 saturated heterocycles. The second-order valence-electron chi connectivity index (χ2n) is 8.18. The van der Waals surface area contributed by atoms with Crippen molar-refractivity contribution in [2.75, 3.05) is 23.8 Å². The first-order chi connectivity index (χ1) is 18.7. The quantitative estimate of drug-likeness (QED) is 0.159. The Kier molecular flexibility index (Phi) is 10.9. The molecule has 39 heavy (non-hydrogen) atoms. The summed E-state index contributed by atoms with van der Waals surface area (Å²) in [6.07, 6.45) is 2.07. The fourth-order valence-electron chi connectivity index (χ4n) is 3.48. The first kappa shape index (κ1) is 29.7. The minimum absolute atomic E-state index is 0.273. The van der Waals surface area contributed by atoms with E-state index in [9.17, 15) is 14.4 Å². The molecule has 0 saturated carbocycles. The topological polar surface area (TPSA) is 118 Å². The van der Waals surface area contributed by atoms with Crippen molar-refractivity contribution < 1.29 is 23.9 Å². The second-order valence-corrected chi connectivity index (χ2v) is 9.44. The molecular weight excluding hydrogens is 588 g/mol. The lowest BCUT2D eigenvalue weighted by Gasteiger charge is -2.15. The Morgan fingerprint density at radius 2 is 1.72 bits per heavy atom. The second kappa shape index (κ2) is 14.3. The van der Waals surface area contributed by atoms with E-state index in [1.54, 1.807) is 42.5 Å². The molecule has 11 heteroatoms. The molecule has 0 unspecified atom stereocenters. The number of hydrogen-bond donors (Lipinski definition) is 3. The number of aryl methyl sites for hydroxylation is 1. The van der Waals surface area contributed by atoms with E-state index in [0.29, 0.717) is 51.0 Å². The lowest BCUT2D eigenvalue weighted by atomic mass is 10.1. The number of carbonyl (C=O) groups excluding carboxylic acids is 3. The van der Waals surface area contributed by atoms with Gasteiger partial charge in [-0.15, -0.1) is 0 Å². The van der Waals surface area contributed by atoms with Crippen LogP contribution < -0.4 is 25.5 Å². The minimum Gasteiger partial charge on any atom is -0.490 e. The number of rotatable bonds is 10. The van der Waals surface area contributed by atoms with E-state index in [1.165, 1.54) is 6.21 Å². The largest absolute Gasteiger partial charge is 0.490 e. The van der Waals surface area contributed by atoms with E-state index >= 15 is 0 Å². The third-order valence-electron chi connectivity index (χ3n) is 5.45. The molecule has 3 amide bonds. The van der Waals surface area contributed by atoms with Gasteiger partial charge in [0.2, 0.25) is 0 Å². The van der Waals surface area contributed by atoms with Gasteiger partial charge < -0.3 is 20.1 Å². The van der Waals surface area contributed by atoms with Crippen LogP contribution in [-0.2, 0) is 20.8 Å².